The molecule has 0 rings (SSSR count). The van der Waals surface area contributed by atoms with Gasteiger partial charge in [-0.05, 0) is 19.6 Å². The molecule has 1 unspecified atom stereocenters. The largest absolute Gasteiger partial charge is 0.328 e. The zero-order valence-electron chi connectivity index (χ0n) is 5.59. The number of aliphatic imine (C=N–C) groups is 1. The molecule has 0 aliphatic carbocycles. The molecule has 0 saturated heterocycles. The van der Waals surface area contributed by atoms with E-state index in [-0.39, 0.29) is 0 Å². The molecule has 0 fully saturated rings. The van der Waals surface area contributed by atoms with Crippen LogP contribution in [-0.4, -0.2) is 18.8 Å². The summed E-state index contributed by atoms with van der Waals surface area (Å²) >= 11 is 0. The molecule has 0 bridgehead atoms. The first kappa shape index (κ1) is 7.63. The van der Waals surface area contributed by atoms with Gasteiger partial charge in [-0.25, -0.2) is 0 Å². The van der Waals surface area contributed by atoms with Crippen molar-refractivity contribution < 1.29 is 0 Å². The summed E-state index contributed by atoms with van der Waals surface area (Å²) in [5, 5.41) is 0. The van der Waals surface area contributed by atoms with E-state index in [1.807, 2.05) is 6.92 Å². The Morgan fingerprint density at radius 1 is 1.75 bits per heavy atom. The predicted molar refractivity (Wildman–Crippen MR) is 37.3 cm³/mol. The highest BCUT2D eigenvalue weighted by molar-refractivity contribution is 5.53. The van der Waals surface area contributed by atoms with E-state index in [0.717, 1.165) is 6.42 Å². The van der Waals surface area contributed by atoms with Gasteiger partial charge in [0.1, 0.15) is 0 Å². The second kappa shape index (κ2) is 4.78. The summed E-state index contributed by atoms with van der Waals surface area (Å²) in [6, 6.07) is 0.347. The fourth-order valence-electron chi connectivity index (χ4n) is 0.544. The third kappa shape index (κ3) is 2.75. The normalized spacial score (nSPS) is 14.9. The van der Waals surface area contributed by atoms with Gasteiger partial charge >= 0.3 is 0 Å². The lowest BCUT2D eigenvalue weighted by molar-refractivity contribution is 0.665. The second-order valence-corrected chi connectivity index (χ2v) is 1.71. The molecule has 0 aromatic rings. The van der Waals surface area contributed by atoms with Crippen LogP contribution in [0.25, 0.3) is 0 Å². The van der Waals surface area contributed by atoms with E-state index < -0.39 is 0 Å². The van der Waals surface area contributed by atoms with Crippen molar-refractivity contribution in [1.82, 2.24) is 0 Å². The van der Waals surface area contributed by atoms with Crippen molar-refractivity contribution in [1.29, 1.82) is 0 Å². The lowest BCUT2D eigenvalue weighted by atomic mass is 10.2. The highest BCUT2D eigenvalue weighted by atomic mass is 14.8. The first-order valence-electron chi connectivity index (χ1n) is 3.03. The summed E-state index contributed by atoms with van der Waals surface area (Å²) in [5.41, 5.74) is 5.36. The van der Waals surface area contributed by atoms with Crippen LogP contribution in [0, 0.1) is 0 Å². The minimum absolute atomic E-state index is 0.347. The number of hydrogen-bond donors (Lipinski definition) is 1. The third-order valence-corrected chi connectivity index (χ3v) is 1.10. The quantitative estimate of drug-likeness (QED) is 0.542. The minimum atomic E-state index is 0.347. The summed E-state index contributed by atoms with van der Waals surface area (Å²) in [5.74, 6) is 0. The molecule has 0 aromatic heterocycles. The van der Waals surface area contributed by atoms with Crippen LogP contribution < -0.4 is 5.73 Å². The Balaban J connectivity index is 3.36. The number of hydrogen-bond acceptors (Lipinski definition) is 2. The van der Waals surface area contributed by atoms with Crippen molar-refractivity contribution in [3.05, 3.63) is 0 Å². The lowest BCUT2D eigenvalue weighted by Crippen LogP contribution is -2.16. The molecular weight excluding hydrogens is 100 g/mol. The molecule has 0 saturated carbocycles. The van der Waals surface area contributed by atoms with Crippen molar-refractivity contribution in [2.75, 3.05) is 6.54 Å². The summed E-state index contributed by atoms with van der Waals surface area (Å²) < 4.78 is 0. The van der Waals surface area contributed by atoms with Crippen LogP contribution in [0.2, 0.25) is 0 Å². The van der Waals surface area contributed by atoms with Crippen molar-refractivity contribution in [3.8, 4) is 0 Å². The third-order valence-electron chi connectivity index (χ3n) is 1.10. The molecule has 0 heterocycles. The van der Waals surface area contributed by atoms with Gasteiger partial charge in [-0.1, -0.05) is 6.92 Å². The lowest BCUT2D eigenvalue weighted by Gasteiger charge is -2.02. The molecule has 0 aliphatic rings. The van der Waals surface area contributed by atoms with Crippen molar-refractivity contribution in [2.45, 2.75) is 26.3 Å². The van der Waals surface area contributed by atoms with E-state index in [2.05, 4.69) is 11.9 Å². The molecule has 8 heavy (non-hydrogen) atoms. The standard InChI is InChI=1S/C6H14N2/c1-3-6(5-7)8-4-2/h4,6H,3,5,7H2,1-2H3. The van der Waals surface area contributed by atoms with Crippen molar-refractivity contribution >= 4 is 6.21 Å². The smallest absolute Gasteiger partial charge is 0.0615 e. The molecular formula is C6H14N2. The molecule has 2 heteroatoms. The predicted octanol–water partition coefficient (Wildman–Crippen LogP) is 0.814. The van der Waals surface area contributed by atoms with Crippen molar-refractivity contribution in [3.63, 3.8) is 0 Å². The Kier molecular flexibility index (Phi) is 4.56. The van der Waals surface area contributed by atoms with Gasteiger partial charge in [-0.15, -0.1) is 0 Å². The van der Waals surface area contributed by atoms with E-state index in [9.17, 15) is 0 Å². The van der Waals surface area contributed by atoms with Crippen LogP contribution in [0.1, 0.15) is 20.3 Å². The fraction of sp³-hybridized carbons (Fsp3) is 0.833. The van der Waals surface area contributed by atoms with Gasteiger partial charge in [0.15, 0.2) is 0 Å². The highest BCUT2D eigenvalue weighted by Crippen LogP contribution is 1.91. The van der Waals surface area contributed by atoms with Crippen LogP contribution in [0.15, 0.2) is 4.99 Å². The summed E-state index contributed by atoms with van der Waals surface area (Å²) in [7, 11) is 0. The van der Waals surface area contributed by atoms with Gasteiger partial charge in [0.25, 0.3) is 0 Å². The van der Waals surface area contributed by atoms with E-state index in [0.29, 0.717) is 12.6 Å². The van der Waals surface area contributed by atoms with Gasteiger partial charge in [-0.2, -0.15) is 0 Å². The molecule has 0 amide bonds. The Bertz CT molecular complexity index is 64.9. The second-order valence-electron chi connectivity index (χ2n) is 1.71. The van der Waals surface area contributed by atoms with Crippen LogP contribution in [0.3, 0.4) is 0 Å². The number of nitrogens with two attached hydrogens (primary N) is 1. The summed E-state index contributed by atoms with van der Waals surface area (Å²) in [4.78, 5) is 4.11. The Morgan fingerprint density at radius 2 is 2.38 bits per heavy atom. The molecule has 0 aliphatic heterocycles. The van der Waals surface area contributed by atoms with Gasteiger partial charge in [0.2, 0.25) is 0 Å². The van der Waals surface area contributed by atoms with Crippen LogP contribution >= 0.6 is 0 Å². The first-order chi connectivity index (χ1) is 3.85. The van der Waals surface area contributed by atoms with E-state index in [4.69, 9.17) is 5.73 Å². The maximum absolute atomic E-state index is 5.36. The van der Waals surface area contributed by atoms with E-state index >= 15 is 0 Å². The Labute approximate surface area is 50.8 Å². The molecule has 1 atom stereocenters. The van der Waals surface area contributed by atoms with Crippen LogP contribution in [-0.2, 0) is 0 Å². The van der Waals surface area contributed by atoms with E-state index in [1.165, 1.54) is 0 Å². The number of rotatable bonds is 3. The van der Waals surface area contributed by atoms with Crippen LogP contribution in [0.5, 0.6) is 0 Å². The first-order valence-corrected chi connectivity index (χ1v) is 3.03. The Morgan fingerprint density at radius 3 is 2.50 bits per heavy atom. The van der Waals surface area contributed by atoms with Crippen LogP contribution in [0.4, 0.5) is 0 Å². The average molecular weight is 114 g/mol. The molecule has 2 nitrogen and oxygen atoms in total. The summed E-state index contributed by atoms with van der Waals surface area (Å²) in [6.45, 7) is 4.67. The van der Waals surface area contributed by atoms with Gasteiger partial charge in [0, 0.05) is 6.54 Å². The van der Waals surface area contributed by atoms with Gasteiger partial charge in [0.05, 0.1) is 6.04 Å². The van der Waals surface area contributed by atoms with Crippen molar-refractivity contribution in [2.24, 2.45) is 10.7 Å². The monoisotopic (exact) mass is 114 g/mol. The highest BCUT2D eigenvalue weighted by Gasteiger charge is 1.94. The zero-order valence-corrected chi connectivity index (χ0v) is 5.59. The molecule has 0 spiro atoms. The van der Waals surface area contributed by atoms with Gasteiger partial charge < -0.3 is 5.73 Å². The maximum Gasteiger partial charge on any atom is 0.0615 e. The topological polar surface area (TPSA) is 38.4 Å². The van der Waals surface area contributed by atoms with Gasteiger partial charge in [-0.3, -0.25) is 4.99 Å². The SMILES string of the molecule is CC=NC(CC)CN. The average Bonchev–Trinajstić information content (AvgIpc) is 1.83. The zero-order chi connectivity index (χ0) is 6.41. The Hall–Kier alpha value is -0.370. The molecule has 0 aromatic carbocycles. The molecule has 0 radical (unpaired) electrons. The fourth-order valence-corrected chi connectivity index (χ4v) is 0.544. The molecule has 2 N–H and O–H groups in total. The minimum Gasteiger partial charge on any atom is -0.328 e. The summed E-state index contributed by atoms with van der Waals surface area (Å²) in [6.07, 6.45) is 2.85. The van der Waals surface area contributed by atoms with E-state index in [1.54, 1.807) is 6.21 Å². The number of nitrogens with zero attached hydrogens (tertiary/aromatic N) is 1. The maximum atomic E-state index is 5.36. The molecule has 48 valence electrons.